The second kappa shape index (κ2) is 4.96. The lowest BCUT2D eigenvalue weighted by atomic mass is 10.0. The highest BCUT2D eigenvalue weighted by Crippen LogP contribution is 2.28. The Bertz CT molecular complexity index is 642. The van der Waals surface area contributed by atoms with Gasteiger partial charge in [0.1, 0.15) is 0 Å². The summed E-state index contributed by atoms with van der Waals surface area (Å²) in [6.07, 6.45) is 3.24. The highest BCUT2D eigenvalue weighted by molar-refractivity contribution is 5.97. The lowest BCUT2D eigenvalue weighted by Crippen LogP contribution is -2.32. The van der Waals surface area contributed by atoms with Crippen molar-refractivity contribution in [3.8, 4) is 5.69 Å². The Balaban J connectivity index is 1.63. The second-order valence-corrected chi connectivity index (χ2v) is 5.72. The van der Waals surface area contributed by atoms with Crippen molar-refractivity contribution in [2.45, 2.75) is 0 Å². The van der Waals surface area contributed by atoms with Crippen LogP contribution in [0.2, 0.25) is 0 Å². The van der Waals surface area contributed by atoms with Crippen LogP contribution in [0.25, 0.3) is 5.69 Å². The van der Waals surface area contributed by atoms with E-state index in [9.17, 15) is 4.79 Å². The number of rotatable bonds is 2. The molecule has 21 heavy (non-hydrogen) atoms. The van der Waals surface area contributed by atoms with E-state index in [1.165, 1.54) is 4.80 Å². The number of carbonyl (C=O) groups excluding carboxylic acids is 1. The number of para-hydroxylation sites is 1. The van der Waals surface area contributed by atoms with E-state index in [-0.39, 0.29) is 5.91 Å². The molecule has 0 bridgehead atoms. The van der Waals surface area contributed by atoms with Crippen LogP contribution >= 0.6 is 0 Å². The van der Waals surface area contributed by atoms with Crippen LogP contribution in [0.15, 0.2) is 36.7 Å². The molecule has 1 aromatic carbocycles. The molecule has 2 unspecified atom stereocenters. The fourth-order valence-electron chi connectivity index (χ4n) is 3.36. The minimum atomic E-state index is 0.0808. The molecule has 2 saturated heterocycles. The molecule has 6 heteroatoms. The van der Waals surface area contributed by atoms with Gasteiger partial charge in [-0.05, 0) is 24.0 Å². The van der Waals surface area contributed by atoms with Crippen LogP contribution in [-0.2, 0) is 0 Å². The number of nitrogens with one attached hydrogen (secondary N) is 1. The zero-order valence-electron chi connectivity index (χ0n) is 11.6. The Morgan fingerprint density at radius 2 is 1.76 bits per heavy atom. The van der Waals surface area contributed by atoms with Crippen LogP contribution in [-0.4, -0.2) is 52.0 Å². The molecule has 3 heterocycles. The summed E-state index contributed by atoms with van der Waals surface area (Å²) in [5.41, 5.74) is 1.41. The number of benzene rings is 1. The van der Waals surface area contributed by atoms with Crippen LogP contribution in [0.3, 0.4) is 0 Å². The molecule has 0 saturated carbocycles. The summed E-state index contributed by atoms with van der Waals surface area (Å²) in [5.74, 6) is 1.28. The van der Waals surface area contributed by atoms with Gasteiger partial charge in [0.2, 0.25) is 0 Å². The van der Waals surface area contributed by atoms with Gasteiger partial charge in [-0.3, -0.25) is 4.79 Å². The lowest BCUT2D eigenvalue weighted by molar-refractivity contribution is 0.0781. The van der Waals surface area contributed by atoms with E-state index in [1.807, 2.05) is 29.2 Å². The monoisotopic (exact) mass is 283 g/mol. The standard InChI is InChI=1S/C15H17N5O/c21-15(19-9-11-7-16-8-12(11)10-19)13-3-1-2-4-14(13)20-17-5-6-18-20/h1-6,11-12,16H,7-10H2. The highest BCUT2D eigenvalue weighted by Gasteiger charge is 2.38. The molecule has 2 aromatic rings. The molecule has 2 aliphatic heterocycles. The van der Waals surface area contributed by atoms with Crippen molar-refractivity contribution in [3.05, 3.63) is 42.2 Å². The maximum absolute atomic E-state index is 12.8. The Morgan fingerprint density at radius 3 is 2.48 bits per heavy atom. The molecule has 2 atom stereocenters. The molecule has 1 aromatic heterocycles. The first-order valence-electron chi connectivity index (χ1n) is 7.28. The first kappa shape index (κ1) is 12.5. The molecule has 1 amide bonds. The molecule has 1 N–H and O–H groups in total. The molecule has 0 aliphatic carbocycles. The van der Waals surface area contributed by atoms with Gasteiger partial charge in [0, 0.05) is 26.2 Å². The summed E-state index contributed by atoms with van der Waals surface area (Å²) >= 11 is 0. The molecule has 0 spiro atoms. The van der Waals surface area contributed by atoms with E-state index in [1.54, 1.807) is 12.4 Å². The van der Waals surface area contributed by atoms with E-state index < -0.39 is 0 Å². The van der Waals surface area contributed by atoms with Crippen LogP contribution < -0.4 is 5.32 Å². The summed E-state index contributed by atoms with van der Waals surface area (Å²) in [7, 11) is 0. The smallest absolute Gasteiger partial charge is 0.256 e. The lowest BCUT2D eigenvalue weighted by Gasteiger charge is -2.19. The summed E-state index contributed by atoms with van der Waals surface area (Å²) in [4.78, 5) is 16.3. The van der Waals surface area contributed by atoms with E-state index in [0.29, 0.717) is 17.4 Å². The average molecular weight is 283 g/mol. The summed E-state index contributed by atoms with van der Waals surface area (Å²) in [6.45, 7) is 3.74. The van der Waals surface area contributed by atoms with Gasteiger partial charge >= 0.3 is 0 Å². The van der Waals surface area contributed by atoms with Crippen LogP contribution in [0.4, 0.5) is 0 Å². The summed E-state index contributed by atoms with van der Waals surface area (Å²) < 4.78 is 0. The van der Waals surface area contributed by atoms with Gasteiger partial charge in [0.05, 0.1) is 23.6 Å². The number of amides is 1. The number of carbonyl (C=O) groups is 1. The Labute approximate surface area is 122 Å². The van der Waals surface area contributed by atoms with Gasteiger partial charge < -0.3 is 10.2 Å². The van der Waals surface area contributed by atoms with Crippen LogP contribution in [0, 0.1) is 11.8 Å². The molecule has 6 nitrogen and oxygen atoms in total. The Morgan fingerprint density at radius 1 is 1.10 bits per heavy atom. The third-order valence-electron chi connectivity index (χ3n) is 4.45. The Hall–Kier alpha value is -2.21. The number of aromatic nitrogens is 3. The van der Waals surface area contributed by atoms with E-state index >= 15 is 0 Å². The van der Waals surface area contributed by atoms with E-state index in [4.69, 9.17) is 0 Å². The number of fused-ring (bicyclic) bond motifs is 1. The molecular formula is C15H17N5O. The number of hydrogen-bond donors (Lipinski definition) is 1. The topological polar surface area (TPSA) is 63.1 Å². The van der Waals surface area contributed by atoms with Crippen LogP contribution in [0.1, 0.15) is 10.4 Å². The minimum absolute atomic E-state index is 0.0808. The van der Waals surface area contributed by atoms with E-state index in [2.05, 4.69) is 15.5 Å². The molecule has 108 valence electrons. The molecule has 2 aliphatic rings. The van der Waals surface area contributed by atoms with Gasteiger partial charge in [-0.15, -0.1) is 0 Å². The predicted octanol–water partition coefficient (Wildman–Crippen LogP) is 0.559. The fourth-order valence-corrected chi connectivity index (χ4v) is 3.36. The molecule has 4 rings (SSSR count). The number of hydrogen-bond acceptors (Lipinski definition) is 4. The van der Waals surface area contributed by atoms with Gasteiger partial charge in [-0.25, -0.2) is 0 Å². The normalized spacial score (nSPS) is 24.3. The second-order valence-electron chi connectivity index (χ2n) is 5.72. The van der Waals surface area contributed by atoms with Crippen molar-refractivity contribution in [3.63, 3.8) is 0 Å². The fraction of sp³-hybridized carbons (Fsp3) is 0.400. The molecule has 0 radical (unpaired) electrons. The van der Waals surface area contributed by atoms with Crippen molar-refractivity contribution in [2.24, 2.45) is 11.8 Å². The highest BCUT2D eigenvalue weighted by atomic mass is 16.2. The maximum atomic E-state index is 12.8. The number of nitrogens with zero attached hydrogens (tertiary/aromatic N) is 4. The van der Waals surface area contributed by atoms with Crippen molar-refractivity contribution in [2.75, 3.05) is 26.2 Å². The summed E-state index contributed by atoms with van der Waals surface area (Å²) in [5, 5.41) is 11.7. The van der Waals surface area contributed by atoms with Gasteiger partial charge in [0.25, 0.3) is 5.91 Å². The van der Waals surface area contributed by atoms with E-state index in [0.717, 1.165) is 31.9 Å². The SMILES string of the molecule is O=C(c1ccccc1-n1nccn1)N1CC2CNCC2C1. The van der Waals surface area contributed by atoms with Gasteiger partial charge in [-0.1, -0.05) is 12.1 Å². The first-order valence-corrected chi connectivity index (χ1v) is 7.28. The third-order valence-corrected chi connectivity index (χ3v) is 4.45. The van der Waals surface area contributed by atoms with Crippen molar-refractivity contribution >= 4 is 5.91 Å². The predicted molar refractivity (Wildman–Crippen MR) is 77.1 cm³/mol. The third kappa shape index (κ3) is 2.12. The maximum Gasteiger partial charge on any atom is 0.256 e. The zero-order valence-corrected chi connectivity index (χ0v) is 11.6. The van der Waals surface area contributed by atoms with Gasteiger partial charge in [0.15, 0.2) is 0 Å². The van der Waals surface area contributed by atoms with Crippen molar-refractivity contribution in [1.82, 2.24) is 25.2 Å². The molecular weight excluding hydrogens is 266 g/mol. The largest absolute Gasteiger partial charge is 0.338 e. The molecule has 2 fully saturated rings. The van der Waals surface area contributed by atoms with Gasteiger partial charge in [-0.2, -0.15) is 15.0 Å². The first-order chi connectivity index (χ1) is 10.3. The van der Waals surface area contributed by atoms with Crippen molar-refractivity contribution in [1.29, 1.82) is 0 Å². The number of likely N-dealkylation sites (tertiary alicyclic amines) is 1. The minimum Gasteiger partial charge on any atom is -0.338 e. The zero-order chi connectivity index (χ0) is 14.2. The average Bonchev–Trinajstić information content (AvgIpc) is 3.22. The quantitative estimate of drug-likeness (QED) is 0.874. The van der Waals surface area contributed by atoms with Crippen molar-refractivity contribution < 1.29 is 4.79 Å². The Kier molecular flexibility index (Phi) is 2.96. The van der Waals surface area contributed by atoms with Crippen LogP contribution in [0.5, 0.6) is 0 Å². The summed E-state index contributed by atoms with van der Waals surface area (Å²) in [6, 6.07) is 7.52.